The van der Waals surface area contributed by atoms with Crippen molar-refractivity contribution in [1.29, 1.82) is 5.26 Å². The van der Waals surface area contributed by atoms with Crippen LogP contribution in [0.25, 0.3) is 0 Å². The van der Waals surface area contributed by atoms with Crippen LogP contribution in [0.3, 0.4) is 0 Å². The highest BCUT2D eigenvalue weighted by atomic mass is 32.2. The van der Waals surface area contributed by atoms with E-state index in [0.717, 1.165) is 0 Å². The monoisotopic (exact) mass is 341 g/mol. The highest BCUT2D eigenvalue weighted by molar-refractivity contribution is 7.99. The van der Waals surface area contributed by atoms with E-state index in [9.17, 15) is 9.59 Å². The summed E-state index contributed by atoms with van der Waals surface area (Å²) in [4.78, 5) is 26.5. The van der Waals surface area contributed by atoms with Crippen molar-refractivity contribution >= 4 is 29.3 Å². The van der Waals surface area contributed by atoms with Gasteiger partial charge in [0, 0.05) is 23.8 Å². The Bertz CT molecular complexity index is 767. The molecule has 1 unspecified atom stereocenters. The molecule has 1 N–H and O–H groups in total. The van der Waals surface area contributed by atoms with Crippen molar-refractivity contribution in [2.24, 2.45) is 0 Å². The Morgan fingerprint density at radius 3 is 2.83 bits per heavy atom. The number of aromatic nitrogens is 2. The summed E-state index contributed by atoms with van der Waals surface area (Å²) in [6.07, 6.45) is 3.33. The van der Waals surface area contributed by atoms with Crippen LogP contribution in [0.15, 0.2) is 42.7 Å². The highest BCUT2D eigenvalue weighted by Crippen LogP contribution is 2.22. The fourth-order valence-electron chi connectivity index (χ4n) is 2.38. The standard InChI is InChI=1S/C16H15N5O2S/c17-8-12-2-4-13(5-3-12)19-16(23)14-10-24-11-21(14)15(22)9-20-7-1-6-18-20/h1-7,14H,9-11H2,(H,19,23). The summed E-state index contributed by atoms with van der Waals surface area (Å²) in [5.41, 5.74) is 1.14. The van der Waals surface area contributed by atoms with Crippen molar-refractivity contribution in [2.75, 3.05) is 16.9 Å². The van der Waals surface area contributed by atoms with Crippen LogP contribution in [0.2, 0.25) is 0 Å². The van der Waals surface area contributed by atoms with Crippen molar-refractivity contribution in [3.8, 4) is 6.07 Å². The number of nitriles is 1. The van der Waals surface area contributed by atoms with Crippen LogP contribution in [0, 0.1) is 11.3 Å². The lowest BCUT2D eigenvalue weighted by Gasteiger charge is -2.23. The lowest BCUT2D eigenvalue weighted by atomic mass is 10.2. The average Bonchev–Trinajstić information content (AvgIpc) is 3.27. The molecule has 122 valence electrons. The largest absolute Gasteiger partial charge is 0.324 e. The third-order valence-electron chi connectivity index (χ3n) is 3.64. The van der Waals surface area contributed by atoms with Crippen molar-refractivity contribution in [3.63, 3.8) is 0 Å². The molecule has 1 atom stereocenters. The van der Waals surface area contributed by atoms with Gasteiger partial charge in [0.25, 0.3) is 0 Å². The SMILES string of the molecule is N#Cc1ccc(NC(=O)C2CSCN2C(=O)Cn2cccn2)cc1. The Kier molecular flexibility index (Phi) is 4.82. The van der Waals surface area contributed by atoms with Crippen LogP contribution in [0.5, 0.6) is 0 Å². The molecule has 1 aromatic carbocycles. The quantitative estimate of drug-likeness (QED) is 0.905. The summed E-state index contributed by atoms with van der Waals surface area (Å²) in [6.45, 7) is 0.119. The molecule has 0 spiro atoms. The Balaban J connectivity index is 1.64. The molecule has 1 aliphatic rings. The van der Waals surface area contributed by atoms with Gasteiger partial charge >= 0.3 is 0 Å². The first-order valence-electron chi connectivity index (χ1n) is 7.33. The average molecular weight is 341 g/mol. The molecule has 2 amide bonds. The summed E-state index contributed by atoms with van der Waals surface area (Å²) >= 11 is 1.55. The Morgan fingerprint density at radius 2 is 2.17 bits per heavy atom. The highest BCUT2D eigenvalue weighted by Gasteiger charge is 2.34. The molecule has 0 saturated carbocycles. The second-order valence-electron chi connectivity index (χ2n) is 5.26. The number of carbonyl (C=O) groups is 2. The number of carbonyl (C=O) groups excluding carboxylic acids is 2. The molecule has 0 radical (unpaired) electrons. The first-order valence-corrected chi connectivity index (χ1v) is 8.48. The molecule has 1 fully saturated rings. The van der Waals surface area contributed by atoms with Gasteiger partial charge in [-0.05, 0) is 30.3 Å². The fourth-order valence-corrected chi connectivity index (χ4v) is 3.56. The molecule has 1 aromatic heterocycles. The molecule has 1 saturated heterocycles. The molecular formula is C16H15N5O2S. The zero-order valence-electron chi connectivity index (χ0n) is 12.8. The maximum atomic E-state index is 12.5. The zero-order valence-corrected chi connectivity index (χ0v) is 13.6. The summed E-state index contributed by atoms with van der Waals surface area (Å²) in [5, 5.41) is 15.6. The Morgan fingerprint density at radius 1 is 1.38 bits per heavy atom. The molecule has 8 heteroatoms. The van der Waals surface area contributed by atoms with Gasteiger partial charge in [-0.15, -0.1) is 11.8 Å². The number of anilines is 1. The van der Waals surface area contributed by atoms with Crippen molar-refractivity contribution < 1.29 is 9.59 Å². The van der Waals surface area contributed by atoms with Gasteiger partial charge in [0.15, 0.2) is 0 Å². The lowest BCUT2D eigenvalue weighted by molar-refractivity contribution is -0.136. The third-order valence-corrected chi connectivity index (χ3v) is 4.66. The number of hydrogen-bond acceptors (Lipinski definition) is 5. The van der Waals surface area contributed by atoms with Crippen LogP contribution >= 0.6 is 11.8 Å². The summed E-state index contributed by atoms with van der Waals surface area (Å²) < 4.78 is 1.54. The number of rotatable bonds is 4. The molecular weight excluding hydrogens is 326 g/mol. The van der Waals surface area contributed by atoms with E-state index in [1.807, 2.05) is 6.07 Å². The second kappa shape index (κ2) is 7.19. The van der Waals surface area contributed by atoms with E-state index < -0.39 is 6.04 Å². The number of nitrogens with zero attached hydrogens (tertiary/aromatic N) is 4. The predicted molar refractivity (Wildman–Crippen MR) is 90.0 cm³/mol. The molecule has 1 aliphatic heterocycles. The predicted octanol–water partition coefficient (Wildman–Crippen LogP) is 1.29. The molecule has 2 aromatic rings. The van der Waals surface area contributed by atoms with Gasteiger partial charge in [-0.25, -0.2) is 0 Å². The molecule has 24 heavy (non-hydrogen) atoms. The van der Waals surface area contributed by atoms with Gasteiger partial charge in [0.05, 0.1) is 17.5 Å². The van der Waals surface area contributed by atoms with E-state index in [0.29, 0.717) is 22.9 Å². The van der Waals surface area contributed by atoms with Gasteiger partial charge in [-0.3, -0.25) is 14.3 Å². The number of hydrogen-bond donors (Lipinski definition) is 1. The topological polar surface area (TPSA) is 91.0 Å². The first-order chi connectivity index (χ1) is 11.7. The minimum atomic E-state index is -0.506. The van der Waals surface area contributed by atoms with Crippen LogP contribution in [0.1, 0.15) is 5.56 Å². The summed E-state index contributed by atoms with van der Waals surface area (Å²) in [7, 11) is 0. The van der Waals surface area contributed by atoms with E-state index in [-0.39, 0.29) is 18.4 Å². The lowest BCUT2D eigenvalue weighted by Crippen LogP contribution is -2.45. The molecule has 0 bridgehead atoms. The second-order valence-corrected chi connectivity index (χ2v) is 6.26. The van der Waals surface area contributed by atoms with E-state index in [2.05, 4.69) is 10.4 Å². The van der Waals surface area contributed by atoms with Gasteiger partial charge in [-0.2, -0.15) is 10.4 Å². The fraction of sp³-hybridized carbons (Fsp3) is 0.250. The van der Waals surface area contributed by atoms with Gasteiger partial charge in [0.2, 0.25) is 11.8 Å². The maximum absolute atomic E-state index is 12.5. The van der Waals surface area contributed by atoms with Crippen molar-refractivity contribution in [3.05, 3.63) is 48.3 Å². The van der Waals surface area contributed by atoms with Crippen LogP contribution in [0.4, 0.5) is 5.69 Å². The third kappa shape index (κ3) is 3.58. The molecule has 3 rings (SSSR count). The molecule has 2 heterocycles. The van der Waals surface area contributed by atoms with Gasteiger partial charge in [-0.1, -0.05) is 0 Å². The number of amides is 2. The van der Waals surface area contributed by atoms with Crippen LogP contribution in [-0.2, 0) is 16.1 Å². The molecule has 0 aliphatic carbocycles. The maximum Gasteiger partial charge on any atom is 0.248 e. The van der Waals surface area contributed by atoms with Crippen molar-refractivity contribution in [1.82, 2.24) is 14.7 Å². The van der Waals surface area contributed by atoms with E-state index in [1.165, 1.54) is 0 Å². The van der Waals surface area contributed by atoms with E-state index >= 15 is 0 Å². The Hall–Kier alpha value is -2.79. The van der Waals surface area contributed by atoms with Crippen LogP contribution < -0.4 is 5.32 Å². The summed E-state index contributed by atoms with van der Waals surface area (Å²) in [5.74, 6) is 0.695. The first kappa shape index (κ1) is 16.1. The number of thioether (sulfide) groups is 1. The van der Waals surface area contributed by atoms with E-state index in [1.54, 1.807) is 64.1 Å². The zero-order chi connectivity index (χ0) is 16.9. The summed E-state index contributed by atoms with van der Waals surface area (Å²) in [6, 6.07) is 9.90. The Labute approximate surface area is 143 Å². The number of nitrogens with one attached hydrogen (secondary N) is 1. The van der Waals surface area contributed by atoms with Crippen LogP contribution in [-0.4, -0.2) is 44.2 Å². The van der Waals surface area contributed by atoms with E-state index in [4.69, 9.17) is 5.26 Å². The minimum absolute atomic E-state index is 0.119. The normalized spacial score (nSPS) is 16.6. The molecule has 7 nitrogen and oxygen atoms in total. The van der Waals surface area contributed by atoms with Gasteiger partial charge < -0.3 is 10.2 Å². The number of benzene rings is 1. The smallest absolute Gasteiger partial charge is 0.248 e. The van der Waals surface area contributed by atoms with Crippen molar-refractivity contribution in [2.45, 2.75) is 12.6 Å². The minimum Gasteiger partial charge on any atom is -0.324 e. The van der Waals surface area contributed by atoms with Gasteiger partial charge in [0.1, 0.15) is 12.6 Å².